The Bertz CT molecular complexity index is 579. The summed E-state index contributed by atoms with van der Waals surface area (Å²) in [5.41, 5.74) is 7.03. The van der Waals surface area contributed by atoms with Crippen molar-refractivity contribution in [3.8, 4) is 0 Å². The van der Waals surface area contributed by atoms with Gasteiger partial charge in [0.2, 0.25) is 0 Å². The Morgan fingerprint density at radius 1 is 1.09 bits per heavy atom. The number of rotatable bonds is 4. The molecule has 0 amide bonds. The van der Waals surface area contributed by atoms with Crippen molar-refractivity contribution in [1.82, 2.24) is 15.0 Å². The maximum atomic E-state index is 5.79. The van der Waals surface area contributed by atoms with Gasteiger partial charge in [-0.2, -0.15) is 0 Å². The van der Waals surface area contributed by atoms with Gasteiger partial charge in [0, 0.05) is 5.54 Å². The van der Waals surface area contributed by atoms with Crippen LogP contribution in [0.4, 0.5) is 11.5 Å². The molecule has 0 atom stereocenters. The van der Waals surface area contributed by atoms with Crippen LogP contribution >= 0.6 is 0 Å². The Hall–Kier alpha value is -1.91. The molecule has 2 rings (SSSR count). The number of nitrogens with one attached hydrogen (secondary N) is 1. The van der Waals surface area contributed by atoms with E-state index in [2.05, 4.69) is 48.0 Å². The molecule has 0 aliphatic heterocycles. The first-order valence-electron chi connectivity index (χ1n) is 8.52. The second-order valence-corrected chi connectivity index (χ2v) is 5.97. The van der Waals surface area contributed by atoms with Crippen LogP contribution in [0.25, 0.3) is 11.0 Å². The lowest BCUT2D eigenvalue weighted by Gasteiger charge is -2.29. The average Bonchev–Trinajstić information content (AvgIpc) is 2.50. The molecule has 130 valence electrons. The van der Waals surface area contributed by atoms with Crippen molar-refractivity contribution in [3.05, 3.63) is 18.6 Å². The smallest absolute Gasteiger partial charge is 0.164 e. The molecule has 5 heteroatoms. The van der Waals surface area contributed by atoms with Gasteiger partial charge in [-0.1, -0.05) is 41.5 Å². The Morgan fingerprint density at radius 3 is 2.26 bits per heavy atom. The SMILES string of the molecule is CC.CC.CC(C)CC(C)(C)Nc1ncnc2ncc(N)cc12. The Morgan fingerprint density at radius 2 is 1.70 bits per heavy atom. The van der Waals surface area contributed by atoms with E-state index in [-0.39, 0.29) is 5.54 Å². The van der Waals surface area contributed by atoms with Gasteiger partial charge in [0.1, 0.15) is 12.1 Å². The van der Waals surface area contributed by atoms with E-state index in [9.17, 15) is 0 Å². The highest BCUT2D eigenvalue weighted by Gasteiger charge is 2.20. The highest BCUT2D eigenvalue weighted by molar-refractivity contribution is 5.88. The van der Waals surface area contributed by atoms with Gasteiger partial charge in [-0.25, -0.2) is 15.0 Å². The van der Waals surface area contributed by atoms with Gasteiger partial charge in [0.15, 0.2) is 5.65 Å². The number of aromatic nitrogens is 3. The lowest BCUT2D eigenvalue weighted by atomic mass is 9.92. The van der Waals surface area contributed by atoms with Crippen molar-refractivity contribution < 1.29 is 0 Å². The number of fused-ring (bicyclic) bond motifs is 1. The van der Waals surface area contributed by atoms with Crippen LogP contribution in [-0.2, 0) is 0 Å². The van der Waals surface area contributed by atoms with E-state index in [1.165, 1.54) is 6.33 Å². The van der Waals surface area contributed by atoms with Crippen molar-refractivity contribution in [2.75, 3.05) is 11.1 Å². The molecule has 0 saturated heterocycles. The maximum Gasteiger partial charge on any atom is 0.164 e. The number of nitrogens with two attached hydrogens (primary N) is 1. The summed E-state index contributed by atoms with van der Waals surface area (Å²) in [6.07, 6.45) is 4.19. The minimum atomic E-state index is -0.0416. The fourth-order valence-electron chi connectivity index (χ4n) is 2.45. The van der Waals surface area contributed by atoms with Crippen LogP contribution in [0, 0.1) is 5.92 Å². The molecule has 5 nitrogen and oxygen atoms in total. The number of pyridine rings is 1. The number of nitrogens with zero attached hydrogens (tertiary/aromatic N) is 3. The number of hydrogen-bond donors (Lipinski definition) is 2. The summed E-state index contributed by atoms with van der Waals surface area (Å²) in [6.45, 7) is 16.8. The van der Waals surface area contributed by atoms with Crippen LogP contribution in [0.1, 0.15) is 61.8 Å². The molecule has 0 aromatic carbocycles. The number of nitrogen functional groups attached to an aromatic ring is 1. The van der Waals surface area contributed by atoms with Crippen LogP contribution in [-0.4, -0.2) is 20.5 Å². The van der Waals surface area contributed by atoms with Crippen molar-refractivity contribution >= 4 is 22.5 Å². The number of hydrogen-bond acceptors (Lipinski definition) is 5. The normalized spacial score (nSPS) is 10.5. The predicted molar refractivity (Wildman–Crippen MR) is 102 cm³/mol. The minimum Gasteiger partial charge on any atom is -0.397 e. The first-order valence-corrected chi connectivity index (χ1v) is 8.52. The van der Waals surface area contributed by atoms with Gasteiger partial charge >= 0.3 is 0 Å². The van der Waals surface area contributed by atoms with Crippen LogP contribution < -0.4 is 11.1 Å². The van der Waals surface area contributed by atoms with E-state index in [0.29, 0.717) is 17.3 Å². The van der Waals surface area contributed by atoms with Gasteiger partial charge in [0.05, 0.1) is 17.3 Å². The third-order valence-electron chi connectivity index (χ3n) is 2.89. The fraction of sp³-hybridized carbons (Fsp3) is 0.611. The molecule has 3 N–H and O–H groups in total. The third kappa shape index (κ3) is 6.80. The molecule has 0 fully saturated rings. The summed E-state index contributed by atoms with van der Waals surface area (Å²) in [5, 5.41) is 4.33. The Kier molecular flexibility index (Phi) is 9.15. The fourth-order valence-corrected chi connectivity index (χ4v) is 2.45. The third-order valence-corrected chi connectivity index (χ3v) is 2.89. The zero-order valence-corrected chi connectivity index (χ0v) is 15.9. The lowest BCUT2D eigenvalue weighted by Crippen LogP contribution is -2.33. The molecule has 0 unspecified atom stereocenters. The molecular formula is C18H33N5. The van der Waals surface area contributed by atoms with Gasteiger partial charge in [-0.3, -0.25) is 0 Å². The summed E-state index contributed by atoms with van der Waals surface area (Å²) in [7, 11) is 0. The van der Waals surface area contributed by atoms with Gasteiger partial charge in [-0.15, -0.1) is 0 Å². The zero-order valence-electron chi connectivity index (χ0n) is 15.9. The van der Waals surface area contributed by atoms with E-state index in [1.54, 1.807) is 6.20 Å². The molecule has 2 aromatic heterocycles. The van der Waals surface area contributed by atoms with Crippen molar-refractivity contribution in [2.45, 2.75) is 67.3 Å². The number of anilines is 2. The van der Waals surface area contributed by atoms with Crippen molar-refractivity contribution in [1.29, 1.82) is 0 Å². The predicted octanol–water partition coefficient (Wildman–Crippen LogP) is 4.90. The molecule has 0 bridgehead atoms. The molecule has 0 spiro atoms. The summed E-state index contributed by atoms with van der Waals surface area (Å²) < 4.78 is 0. The highest BCUT2D eigenvalue weighted by Crippen LogP contribution is 2.25. The first kappa shape index (κ1) is 21.1. The summed E-state index contributed by atoms with van der Waals surface area (Å²) in [4.78, 5) is 12.7. The van der Waals surface area contributed by atoms with E-state index >= 15 is 0 Å². The van der Waals surface area contributed by atoms with Crippen molar-refractivity contribution in [3.63, 3.8) is 0 Å². The van der Waals surface area contributed by atoms with Gasteiger partial charge in [-0.05, 0) is 32.3 Å². The van der Waals surface area contributed by atoms with Crippen LogP contribution in [0.15, 0.2) is 18.6 Å². The van der Waals surface area contributed by atoms with Crippen LogP contribution in [0.3, 0.4) is 0 Å². The minimum absolute atomic E-state index is 0.0416. The highest BCUT2D eigenvalue weighted by atomic mass is 15.1. The van der Waals surface area contributed by atoms with Crippen LogP contribution in [0.5, 0.6) is 0 Å². The van der Waals surface area contributed by atoms with E-state index in [1.807, 2.05) is 33.8 Å². The Labute approximate surface area is 141 Å². The first-order chi connectivity index (χ1) is 10.9. The molecule has 2 aromatic rings. The molecule has 0 aliphatic carbocycles. The van der Waals surface area contributed by atoms with Gasteiger partial charge in [0.25, 0.3) is 0 Å². The van der Waals surface area contributed by atoms with Crippen molar-refractivity contribution in [2.24, 2.45) is 5.92 Å². The average molecular weight is 319 g/mol. The summed E-state index contributed by atoms with van der Waals surface area (Å²) in [5.74, 6) is 1.40. The molecular weight excluding hydrogens is 286 g/mol. The molecule has 0 radical (unpaired) electrons. The zero-order chi connectivity index (χ0) is 18.0. The quantitative estimate of drug-likeness (QED) is 0.838. The largest absolute Gasteiger partial charge is 0.397 e. The molecule has 23 heavy (non-hydrogen) atoms. The standard InChI is InChI=1S/C14H21N5.2C2H6/c1-9(2)6-14(3,4)19-13-11-5-10(15)7-16-12(11)17-8-18-13;2*1-2/h5,7-9H,6,15H2,1-4H3,(H,16,17,18,19);2*1-2H3. The van der Waals surface area contributed by atoms with Gasteiger partial charge < -0.3 is 11.1 Å². The maximum absolute atomic E-state index is 5.79. The summed E-state index contributed by atoms with van der Waals surface area (Å²) in [6, 6.07) is 1.86. The van der Waals surface area contributed by atoms with E-state index in [0.717, 1.165) is 17.6 Å². The molecule has 2 heterocycles. The monoisotopic (exact) mass is 319 g/mol. The second-order valence-electron chi connectivity index (χ2n) is 5.97. The molecule has 0 aliphatic rings. The van der Waals surface area contributed by atoms with E-state index < -0.39 is 0 Å². The summed E-state index contributed by atoms with van der Waals surface area (Å²) >= 11 is 0. The lowest BCUT2D eigenvalue weighted by molar-refractivity contribution is 0.428. The second kappa shape index (κ2) is 9.98. The molecule has 0 saturated carbocycles. The van der Waals surface area contributed by atoms with Crippen LogP contribution in [0.2, 0.25) is 0 Å². The topological polar surface area (TPSA) is 76.7 Å². The van der Waals surface area contributed by atoms with E-state index in [4.69, 9.17) is 5.73 Å². The Balaban J connectivity index is 0.00000112.